The number of anilines is 1. The minimum atomic E-state index is -0.284. The minimum Gasteiger partial charge on any atom is -0.457 e. The van der Waals surface area contributed by atoms with Crippen LogP contribution in [0, 0.1) is 18.3 Å². The zero-order chi connectivity index (χ0) is 19.7. The Labute approximate surface area is 172 Å². The van der Waals surface area contributed by atoms with E-state index in [-0.39, 0.29) is 5.91 Å². The van der Waals surface area contributed by atoms with E-state index in [1.165, 1.54) is 22.3 Å². The highest BCUT2D eigenvalue weighted by Crippen LogP contribution is 2.38. The van der Waals surface area contributed by atoms with Crippen LogP contribution in [0.25, 0.3) is 17.4 Å². The summed E-state index contributed by atoms with van der Waals surface area (Å²) in [6, 6.07) is 11.6. The van der Waals surface area contributed by atoms with Gasteiger partial charge in [-0.1, -0.05) is 23.7 Å². The highest BCUT2D eigenvalue weighted by Gasteiger charge is 2.22. The molecule has 0 atom stereocenters. The number of amides is 1. The first-order valence-corrected chi connectivity index (χ1v) is 10.1. The van der Waals surface area contributed by atoms with Gasteiger partial charge >= 0.3 is 0 Å². The van der Waals surface area contributed by atoms with E-state index in [9.17, 15) is 10.1 Å². The van der Waals surface area contributed by atoms with Crippen LogP contribution in [0.1, 0.15) is 33.7 Å². The topological polar surface area (TPSA) is 66.0 Å². The molecule has 4 nitrogen and oxygen atoms in total. The van der Waals surface area contributed by atoms with Crippen LogP contribution < -0.4 is 5.32 Å². The van der Waals surface area contributed by atoms with Crippen molar-refractivity contribution in [1.29, 1.82) is 5.26 Å². The number of carbonyl (C=O) groups excluding carboxylic acids is 1. The van der Waals surface area contributed by atoms with Crippen molar-refractivity contribution in [3.63, 3.8) is 0 Å². The number of hydrogen-bond donors (Lipinski definition) is 1. The van der Waals surface area contributed by atoms with Gasteiger partial charge in [0.15, 0.2) is 0 Å². The third kappa shape index (κ3) is 3.62. The summed E-state index contributed by atoms with van der Waals surface area (Å²) in [7, 11) is 0. The average Bonchev–Trinajstić information content (AvgIpc) is 3.38. The molecule has 6 heteroatoms. The van der Waals surface area contributed by atoms with Gasteiger partial charge in [-0.25, -0.2) is 0 Å². The Bertz CT molecular complexity index is 1130. The fraction of sp³-hybridized carbons (Fsp3) is 0.182. The van der Waals surface area contributed by atoms with Gasteiger partial charge in [-0.15, -0.1) is 11.3 Å². The molecule has 0 unspecified atom stereocenters. The smallest absolute Gasteiger partial charge is 0.249 e. The Balaban J connectivity index is 1.46. The lowest BCUT2D eigenvalue weighted by atomic mass is 10.1. The molecule has 0 saturated carbocycles. The average molecular weight is 409 g/mol. The third-order valence-electron chi connectivity index (χ3n) is 4.75. The van der Waals surface area contributed by atoms with Crippen molar-refractivity contribution in [3.05, 3.63) is 68.8 Å². The fourth-order valence-corrected chi connectivity index (χ4v) is 4.69. The standard InChI is InChI=1S/C22H17ClN2O2S/c1-13-5-6-14(11-18(13)23)19-9-7-15(27-19)8-10-21(26)25-22-17(12-24)16-3-2-4-20(16)28-22/h5-11H,2-4H2,1H3,(H,25,26)/b10-8+. The summed E-state index contributed by atoms with van der Waals surface area (Å²) in [5.41, 5.74) is 3.59. The molecule has 0 saturated heterocycles. The van der Waals surface area contributed by atoms with E-state index in [0.29, 0.717) is 27.1 Å². The van der Waals surface area contributed by atoms with Gasteiger partial charge in [0.2, 0.25) is 5.91 Å². The Morgan fingerprint density at radius 2 is 2.18 bits per heavy atom. The van der Waals surface area contributed by atoms with Crippen LogP contribution in [0.2, 0.25) is 5.02 Å². The molecule has 0 radical (unpaired) electrons. The molecule has 2 heterocycles. The molecule has 1 N–H and O–H groups in total. The molecule has 2 aromatic heterocycles. The predicted octanol–water partition coefficient (Wildman–Crippen LogP) is 5.98. The van der Waals surface area contributed by atoms with Crippen molar-refractivity contribution >= 4 is 39.9 Å². The molecule has 1 amide bonds. The number of rotatable bonds is 4. The van der Waals surface area contributed by atoms with Crippen LogP contribution in [0.3, 0.4) is 0 Å². The van der Waals surface area contributed by atoms with Crippen LogP contribution in [-0.4, -0.2) is 5.91 Å². The summed E-state index contributed by atoms with van der Waals surface area (Å²) in [5, 5.41) is 13.5. The zero-order valence-corrected chi connectivity index (χ0v) is 16.8. The molecule has 0 spiro atoms. The quantitative estimate of drug-likeness (QED) is 0.540. The predicted molar refractivity (Wildman–Crippen MR) is 113 cm³/mol. The van der Waals surface area contributed by atoms with E-state index < -0.39 is 0 Å². The molecular formula is C22H17ClN2O2S. The van der Waals surface area contributed by atoms with Gasteiger partial charge in [-0.05, 0) is 61.6 Å². The van der Waals surface area contributed by atoms with Crippen LogP contribution in [0.4, 0.5) is 5.00 Å². The molecule has 0 bridgehead atoms. The summed E-state index contributed by atoms with van der Waals surface area (Å²) < 4.78 is 5.78. The van der Waals surface area contributed by atoms with Gasteiger partial charge in [0.05, 0.1) is 5.56 Å². The molecule has 1 aliphatic rings. The number of aryl methyl sites for hydroxylation is 2. The Hall–Kier alpha value is -2.81. The second-order valence-corrected chi connectivity index (χ2v) is 8.17. The van der Waals surface area contributed by atoms with E-state index in [1.54, 1.807) is 12.1 Å². The summed E-state index contributed by atoms with van der Waals surface area (Å²) in [6.07, 6.45) is 6.01. The number of benzene rings is 1. The van der Waals surface area contributed by atoms with Gasteiger partial charge in [0, 0.05) is 21.5 Å². The molecular weight excluding hydrogens is 392 g/mol. The number of nitriles is 1. The first-order valence-electron chi connectivity index (χ1n) is 8.95. The Morgan fingerprint density at radius 1 is 1.32 bits per heavy atom. The van der Waals surface area contributed by atoms with Gasteiger partial charge in [-0.3, -0.25) is 4.79 Å². The number of thiophene rings is 1. The van der Waals surface area contributed by atoms with E-state index in [2.05, 4.69) is 11.4 Å². The molecule has 140 valence electrons. The second kappa shape index (κ2) is 7.67. The number of carbonyl (C=O) groups is 1. The number of halogens is 1. The number of furan rings is 1. The number of nitrogens with zero attached hydrogens (tertiary/aromatic N) is 1. The summed E-state index contributed by atoms with van der Waals surface area (Å²) in [5.74, 6) is 0.965. The monoisotopic (exact) mass is 408 g/mol. The molecule has 1 aliphatic carbocycles. The maximum absolute atomic E-state index is 12.3. The third-order valence-corrected chi connectivity index (χ3v) is 6.37. The molecule has 0 aliphatic heterocycles. The van der Waals surface area contributed by atoms with Crippen molar-refractivity contribution < 1.29 is 9.21 Å². The summed E-state index contributed by atoms with van der Waals surface area (Å²) in [6.45, 7) is 1.95. The van der Waals surface area contributed by atoms with E-state index in [4.69, 9.17) is 16.0 Å². The van der Waals surface area contributed by atoms with E-state index in [1.807, 2.05) is 31.2 Å². The van der Waals surface area contributed by atoms with Gasteiger partial charge < -0.3 is 9.73 Å². The van der Waals surface area contributed by atoms with Crippen molar-refractivity contribution in [2.75, 3.05) is 5.32 Å². The van der Waals surface area contributed by atoms with Crippen molar-refractivity contribution in [2.24, 2.45) is 0 Å². The van der Waals surface area contributed by atoms with Crippen LogP contribution in [-0.2, 0) is 17.6 Å². The molecule has 0 fully saturated rings. The fourth-order valence-electron chi connectivity index (χ4n) is 3.27. The van der Waals surface area contributed by atoms with Gasteiger partial charge in [-0.2, -0.15) is 5.26 Å². The highest BCUT2D eigenvalue weighted by molar-refractivity contribution is 7.16. The maximum atomic E-state index is 12.3. The lowest BCUT2D eigenvalue weighted by molar-refractivity contribution is -0.111. The van der Waals surface area contributed by atoms with Gasteiger partial charge in [0.1, 0.15) is 22.6 Å². The Morgan fingerprint density at radius 3 is 2.96 bits per heavy atom. The SMILES string of the molecule is Cc1ccc(-c2ccc(/C=C/C(=O)Nc3sc4c(c3C#N)CCC4)o2)cc1Cl. The van der Waals surface area contributed by atoms with Crippen molar-refractivity contribution in [3.8, 4) is 17.4 Å². The highest BCUT2D eigenvalue weighted by atomic mass is 35.5. The largest absolute Gasteiger partial charge is 0.457 e. The van der Waals surface area contributed by atoms with E-state index >= 15 is 0 Å². The molecule has 3 aromatic rings. The molecule has 1 aromatic carbocycles. The zero-order valence-electron chi connectivity index (χ0n) is 15.2. The lowest BCUT2D eigenvalue weighted by Gasteiger charge is -2.01. The first kappa shape index (κ1) is 18.5. The maximum Gasteiger partial charge on any atom is 0.249 e. The van der Waals surface area contributed by atoms with E-state index in [0.717, 1.165) is 36.0 Å². The lowest BCUT2D eigenvalue weighted by Crippen LogP contribution is -2.07. The number of fused-ring (bicyclic) bond motifs is 1. The molecule has 28 heavy (non-hydrogen) atoms. The number of nitrogens with one attached hydrogen (secondary N) is 1. The van der Waals surface area contributed by atoms with Crippen LogP contribution in [0.15, 0.2) is 40.8 Å². The first-order chi connectivity index (χ1) is 13.5. The number of hydrogen-bond acceptors (Lipinski definition) is 4. The van der Waals surface area contributed by atoms with Crippen LogP contribution in [0.5, 0.6) is 0 Å². The molecule has 4 rings (SSSR count). The van der Waals surface area contributed by atoms with Gasteiger partial charge in [0.25, 0.3) is 0 Å². The summed E-state index contributed by atoms with van der Waals surface area (Å²) in [4.78, 5) is 13.5. The Kier molecular flexibility index (Phi) is 5.08. The normalized spacial score (nSPS) is 12.9. The van der Waals surface area contributed by atoms with Crippen molar-refractivity contribution in [2.45, 2.75) is 26.2 Å². The second-order valence-electron chi connectivity index (χ2n) is 6.66. The van der Waals surface area contributed by atoms with Crippen LogP contribution >= 0.6 is 22.9 Å². The van der Waals surface area contributed by atoms with Crippen molar-refractivity contribution in [1.82, 2.24) is 0 Å². The minimum absolute atomic E-state index is 0.284. The summed E-state index contributed by atoms with van der Waals surface area (Å²) >= 11 is 7.67.